The van der Waals surface area contributed by atoms with Gasteiger partial charge >= 0.3 is 39.0 Å². The molecule has 2 heterocycles. The molecule has 2 aliphatic rings. The van der Waals surface area contributed by atoms with Crippen molar-refractivity contribution < 1.29 is 88.6 Å². The van der Waals surface area contributed by atoms with Crippen molar-refractivity contribution in [2.24, 2.45) is 0 Å². The van der Waals surface area contributed by atoms with Gasteiger partial charge in [0.25, 0.3) is 0 Å². The predicted molar refractivity (Wildman–Crippen MR) is 153 cm³/mol. The molecule has 3 rings (SSSR count). The van der Waals surface area contributed by atoms with E-state index >= 15 is 0 Å². The van der Waals surface area contributed by atoms with E-state index in [-0.39, 0.29) is 88.6 Å². The molecule has 8 nitrogen and oxygen atoms in total. The molecule has 42 heavy (non-hydrogen) atoms. The van der Waals surface area contributed by atoms with E-state index in [1.807, 2.05) is 0 Å². The first-order valence-electron chi connectivity index (χ1n) is 14.7. The van der Waals surface area contributed by atoms with Crippen molar-refractivity contribution in [3.63, 3.8) is 0 Å². The smallest absolute Gasteiger partial charge is 1.00 e. The van der Waals surface area contributed by atoms with Crippen LogP contribution < -0.4 is 81.5 Å². The fourth-order valence-corrected chi connectivity index (χ4v) is 4.92. The molecular formula is C28H54Cl4N8Zn2. The maximum Gasteiger partial charge on any atom is 2.00 e. The van der Waals surface area contributed by atoms with E-state index in [1.165, 1.54) is 36.8 Å². The number of hydrogen-bond acceptors (Lipinski definition) is 8. The third-order valence-corrected chi connectivity index (χ3v) is 7.07. The quantitative estimate of drug-likeness (QED) is 0.169. The Kier molecular flexibility index (Phi) is 42.0. The van der Waals surface area contributed by atoms with Crippen LogP contribution in [0.15, 0.2) is 24.3 Å². The molecule has 0 bridgehead atoms. The van der Waals surface area contributed by atoms with Crippen molar-refractivity contribution in [1.82, 2.24) is 41.7 Å². The molecule has 2 saturated heterocycles. The van der Waals surface area contributed by atoms with Gasteiger partial charge in [-0.2, -0.15) is 0 Å². The first-order chi connectivity index (χ1) is 17.9. The van der Waals surface area contributed by atoms with E-state index in [0.717, 1.165) is 118 Å². The van der Waals surface area contributed by atoms with Gasteiger partial charge in [-0.15, -0.1) is 0 Å². The van der Waals surface area contributed by atoms with Crippen LogP contribution in [0.4, 0.5) is 0 Å². The Hall–Kier alpha value is 1.31. The summed E-state index contributed by atoms with van der Waals surface area (Å²) in [6.45, 7) is 19.6. The van der Waals surface area contributed by atoms with Gasteiger partial charge < -0.3 is 81.5 Å². The molecule has 14 heteroatoms. The number of benzene rings is 1. The third kappa shape index (κ3) is 25.5. The van der Waals surface area contributed by atoms with Gasteiger partial charge in [0, 0.05) is 65.4 Å². The minimum Gasteiger partial charge on any atom is -1.00 e. The van der Waals surface area contributed by atoms with E-state index < -0.39 is 0 Å². The van der Waals surface area contributed by atoms with Gasteiger partial charge in [-0.1, -0.05) is 24.3 Å². The molecule has 0 amide bonds. The first kappa shape index (κ1) is 50.2. The molecule has 238 valence electrons. The zero-order chi connectivity index (χ0) is 24.9. The molecule has 1 aromatic carbocycles. The van der Waals surface area contributed by atoms with Gasteiger partial charge in [0.2, 0.25) is 0 Å². The summed E-state index contributed by atoms with van der Waals surface area (Å²) in [5.74, 6) is 0. The zero-order valence-electron chi connectivity index (χ0n) is 25.7. The Morgan fingerprint density at radius 2 is 0.667 bits per heavy atom. The van der Waals surface area contributed by atoms with Crippen molar-refractivity contribution in [2.75, 3.05) is 105 Å². The maximum atomic E-state index is 3.63. The minimum atomic E-state index is 0. The molecular weight excluding hydrogens is 721 g/mol. The molecule has 2 aliphatic heterocycles. The van der Waals surface area contributed by atoms with E-state index in [2.05, 4.69) is 66.0 Å². The van der Waals surface area contributed by atoms with Crippen LogP contribution in [0.3, 0.4) is 0 Å². The second-order valence-corrected chi connectivity index (χ2v) is 10.3. The Bertz CT molecular complexity index is 588. The molecule has 0 spiro atoms. The molecule has 0 atom stereocenters. The second-order valence-electron chi connectivity index (χ2n) is 10.3. The molecule has 0 saturated carbocycles. The normalized spacial score (nSPS) is 19.6. The monoisotopic (exact) mass is 770 g/mol. The van der Waals surface area contributed by atoms with Crippen molar-refractivity contribution in [2.45, 2.75) is 38.8 Å². The number of nitrogens with zero attached hydrogens (tertiary/aromatic N) is 2. The molecule has 0 radical (unpaired) electrons. The molecule has 0 unspecified atom stereocenters. The maximum absolute atomic E-state index is 3.63. The first-order valence-corrected chi connectivity index (χ1v) is 14.7. The van der Waals surface area contributed by atoms with E-state index in [0.29, 0.717) is 0 Å². The van der Waals surface area contributed by atoms with Gasteiger partial charge in [-0.25, -0.2) is 0 Å². The van der Waals surface area contributed by atoms with Gasteiger partial charge in [0.1, 0.15) is 0 Å². The summed E-state index contributed by atoms with van der Waals surface area (Å²) in [4.78, 5) is 5.23. The average molecular weight is 775 g/mol. The Balaban J connectivity index is -0.00000120. The largest absolute Gasteiger partial charge is 2.00 e. The van der Waals surface area contributed by atoms with Crippen LogP contribution in [-0.2, 0) is 52.0 Å². The van der Waals surface area contributed by atoms with Crippen molar-refractivity contribution in [3.05, 3.63) is 35.4 Å². The van der Waals surface area contributed by atoms with Crippen LogP contribution in [0.25, 0.3) is 0 Å². The van der Waals surface area contributed by atoms with E-state index in [4.69, 9.17) is 0 Å². The fraction of sp³-hybridized carbons (Fsp3) is 0.786. The Labute approximate surface area is 307 Å². The summed E-state index contributed by atoms with van der Waals surface area (Å²) in [5, 5.41) is 21.4. The van der Waals surface area contributed by atoms with Crippen molar-refractivity contribution in [1.29, 1.82) is 0 Å². The molecule has 0 aliphatic carbocycles. The number of halogens is 4. The van der Waals surface area contributed by atoms with Gasteiger partial charge in [0.05, 0.1) is 0 Å². The molecule has 6 N–H and O–H groups in total. The van der Waals surface area contributed by atoms with Gasteiger partial charge in [-0.05, 0) is 89.2 Å². The van der Waals surface area contributed by atoms with Crippen LogP contribution in [0, 0.1) is 0 Å². The van der Waals surface area contributed by atoms with Crippen molar-refractivity contribution >= 4 is 0 Å². The molecule has 1 aromatic rings. The molecule has 0 aromatic heterocycles. The Morgan fingerprint density at radius 3 is 1.00 bits per heavy atom. The minimum absolute atomic E-state index is 0. The number of hydrogen-bond donors (Lipinski definition) is 6. The summed E-state index contributed by atoms with van der Waals surface area (Å²) >= 11 is 0. The summed E-state index contributed by atoms with van der Waals surface area (Å²) in [7, 11) is 0. The average Bonchev–Trinajstić information content (AvgIpc) is 2.89. The van der Waals surface area contributed by atoms with Crippen LogP contribution in [-0.4, -0.2) is 115 Å². The topological polar surface area (TPSA) is 78.7 Å². The van der Waals surface area contributed by atoms with E-state index in [9.17, 15) is 0 Å². The van der Waals surface area contributed by atoms with Crippen molar-refractivity contribution in [3.8, 4) is 0 Å². The summed E-state index contributed by atoms with van der Waals surface area (Å²) < 4.78 is 0. The van der Waals surface area contributed by atoms with Gasteiger partial charge in [-0.3, -0.25) is 9.80 Å². The van der Waals surface area contributed by atoms with Crippen LogP contribution in [0.5, 0.6) is 0 Å². The zero-order valence-corrected chi connectivity index (χ0v) is 34.6. The summed E-state index contributed by atoms with van der Waals surface area (Å²) in [6, 6.07) is 9.42. The van der Waals surface area contributed by atoms with Crippen LogP contribution in [0.1, 0.15) is 36.8 Å². The fourth-order valence-electron chi connectivity index (χ4n) is 4.92. The summed E-state index contributed by atoms with van der Waals surface area (Å²) in [5.41, 5.74) is 2.86. The third-order valence-electron chi connectivity index (χ3n) is 7.07. The standard InChI is InChI=1S/C28H54N8.4ClH.2Zn/c1-9-29-15-17-31-13-3-21-35(23-19-33-11-1)25-27-5-7-28(8-6-27)26-36-22-4-14-32-18-16-30-10-2-12-34-20-24-36;;;;;;/h5-8,29-34H,1-4,9-26H2;4*1H;;/q;;;;;2*+2/p-4. The predicted octanol–water partition coefficient (Wildman–Crippen LogP) is -11.6. The number of nitrogens with one attached hydrogen (secondary N) is 6. The van der Waals surface area contributed by atoms with Crippen LogP contribution in [0.2, 0.25) is 0 Å². The van der Waals surface area contributed by atoms with Crippen LogP contribution >= 0.6 is 0 Å². The SMILES string of the molecule is [Cl-].[Cl-].[Cl-].[Cl-].[Zn+2].[Zn+2].c1cc(CN2CCCNCCNCCCNCC2)ccc1CN1CCCNCCNCCCNCC1. The van der Waals surface area contributed by atoms with E-state index in [1.54, 1.807) is 0 Å². The second kappa shape index (κ2) is 35.2. The van der Waals surface area contributed by atoms with Gasteiger partial charge in [0.15, 0.2) is 0 Å². The summed E-state index contributed by atoms with van der Waals surface area (Å²) in [6.07, 6.45) is 4.80. The Morgan fingerprint density at radius 1 is 0.381 bits per heavy atom. The molecule has 2 fully saturated rings. The number of rotatable bonds is 4.